The van der Waals surface area contributed by atoms with E-state index in [4.69, 9.17) is 11.6 Å². The first-order valence-electron chi connectivity index (χ1n) is 11.1. The van der Waals surface area contributed by atoms with Crippen molar-refractivity contribution in [2.75, 3.05) is 18.4 Å². The maximum atomic E-state index is 13.2. The van der Waals surface area contributed by atoms with Crippen LogP contribution in [0.15, 0.2) is 108 Å². The molecule has 1 heterocycles. The van der Waals surface area contributed by atoms with Crippen LogP contribution in [0.4, 0.5) is 5.69 Å². The van der Waals surface area contributed by atoms with Gasteiger partial charge >= 0.3 is 0 Å². The van der Waals surface area contributed by atoms with Crippen molar-refractivity contribution in [2.24, 2.45) is 0 Å². The van der Waals surface area contributed by atoms with E-state index in [-0.39, 0.29) is 24.8 Å². The lowest BCUT2D eigenvalue weighted by atomic mass is 9.94. The first kappa shape index (κ1) is 23.9. The van der Waals surface area contributed by atoms with E-state index in [9.17, 15) is 14.4 Å². The molecule has 0 spiro atoms. The molecule has 1 aliphatic heterocycles. The lowest BCUT2D eigenvalue weighted by Gasteiger charge is -2.29. The third-order valence-electron chi connectivity index (χ3n) is 5.39. The summed E-state index contributed by atoms with van der Waals surface area (Å²) in [7, 11) is 0. The van der Waals surface area contributed by atoms with Crippen LogP contribution in [-0.2, 0) is 14.4 Å². The molecular formula is C29H23ClN2O3. The fourth-order valence-corrected chi connectivity index (χ4v) is 3.79. The third-order valence-corrected chi connectivity index (χ3v) is 5.64. The summed E-state index contributed by atoms with van der Waals surface area (Å²) in [5.41, 5.74) is 3.35. The Kier molecular flexibility index (Phi) is 7.70. The highest BCUT2D eigenvalue weighted by Crippen LogP contribution is 2.22. The van der Waals surface area contributed by atoms with Crippen molar-refractivity contribution >= 4 is 47.0 Å². The van der Waals surface area contributed by atoms with Crippen LogP contribution in [0.5, 0.6) is 0 Å². The zero-order chi connectivity index (χ0) is 24.6. The predicted molar refractivity (Wildman–Crippen MR) is 140 cm³/mol. The Bertz CT molecular complexity index is 1250. The molecule has 0 saturated carbocycles. The number of amides is 2. The topological polar surface area (TPSA) is 66.5 Å². The Balaban J connectivity index is 1.55. The quantitative estimate of drug-likeness (QED) is 0.494. The number of halogens is 1. The van der Waals surface area contributed by atoms with E-state index < -0.39 is 5.91 Å². The number of rotatable bonds is 5. The number of nitrogens with one attached hydrogen (secondary N) is 1. The van der Waals surface area contributed by atoms with Gasteiger partial charge in [0.15, 0.2) is 5.78 Å². The van der Waals surface area contributed by atoms with Crippen molar-refractivity contribution in [2.45, 2.75) is 0 Å². The van der Waals surface area contributed by atoms with E-state index in [1.165, 1.54) is 12.2 Å². The fourth-order valence-electron chi connectivity index (χ4n) is 3.67. The molecular weight excluding hydrogens is 460 g/mol. The van der Waals surface area contributed by atoms with E-state index in [0.717, 1.165) is 11.1 Å². The zero-order valence-corrected chi connectivity index (χ0v) is 19.6. The van der Waals surface area contributed by atoms with Gasteiger partial charge in [0.1, 0.15) is 0 Å². The molecule has 5 nitrogen and oxygen atoms in total. The number of Topliss-reactive ketones (excluding diaryl/α,β-unsaturated/α-hetero) is 1. The Hall–Kier alpha value is -4.22. The number of piperidine rings is 1. The number of ketones is 1. The molecule has 3 aromatic carbocycles. The molecule has 0 aromatic heterocycles. The SMILES string of the molecule is O=C(/C=C\C(=O)N1C/C(=C\c2ccccc2)C(=O)/C(=C/c2ccccc2)C1)Nc1ccc(Cl)cc1. The van der Waals surface area contributed by atoms with E-state index in [1.54, 1.807) is 41.3 Å². The first-order chi connectivity index (χ1) is 17.0. The van der Waals surface area contributed by atoms with Gasteiger partial charge in [-0.3, -0.25) is 14.4 Å². The maximum Gasteiger partial charge on any atom is 0.248 e. The van der Waals surface area contributed by atoms with Crippen LogP contribution in [0.1, 0.15) is 11.1 Å². The van der Waals surface area contributed by atoms with Crippen LogP contribution in [-0.4, -0.2) is 35.6 Å². The average Bonchev–Trinajstić information content (AvgIpc) is 2.87. The molecule has 0 unspecified atom stereocenters. The van der Waals surface area contributed by atoms with Gasteiger partial charge in [0.05, 0.1) is 13.1 Å². The molecule has 0 atom stereocenters. The number of carbonyl (C=O) groups is 3. The average molecular weight is 483 g/mol. The summed E-state index contributed by atoms with van der Waals surface area (Å²) < 4.78 is 0. The Morgan fingerprint density at radius 3 is 1.77 bits per heavy atom. The van der Waals surface area contributed by atoms with Crippen LogP contribution in [0.25, 0.3) is 12.2 Å². The van der Waals surface area contributed by atoms with Crippen molar-refractivity contribution in [3.63, 3.8) is 0 Å². The number of carbonyl (C=O) groups excluding carboxylic acids is 3. The standard InChI is InChI=1S/C29H23ClN2O3/c30-25-11-13-26(14-12-25)31-27(33)15-16-28(34)32-19-23(17-21-7-3-1-4-8-21)29(35)24(20-32)18-22-9-5-2-6-10-22/h1-18H,19-20H2,(H,31,33)/b16-15-,23-17+,24-18+. The highest BCUT2D eigenvalue weighted by molar-refractivity contribution is 6.30. The van der Waals surface area contributed by atoms with Gasteiger partial charge in [-0.1, -0.05) is 72.3 Å². The minimum atomic E-state index is -0.436. The maximum absolute atomic E-state index is 13.2. The Labute approximate surface area is 209 Å². The molecule has 1 aliphatic rings. The van der Waals surface area contributed by atoms with Crippen molar-refractivity contribution in [3.8, 4) is 0 Å². The van der Waals surface area contributed by atoms with Gasteiger partial charge in [-0.2, -0.15) is 0 Å². The lowest BCUT2D eigenvalue weighted by Crippen LogP contribution is -2.41. The number of anilines is 1. The molecule has 2 amide bonds. The number of nitrogens with zero attached hydrogens (tertiary/aromatic N) is 1. The highest BCUT2D eigenvalue weighted by Gasteiger charge is 2.28. The van der Waals surface area contributed by atoms with Crippen molar-refractivity contribution in [3.05, 3.63) is 124 Å². The minimum absolute atomic E-state index is 0.0915. The second kappa shape index (κ2) is 11.3. The molecule has 3 aromatic rings. The summed E-state index contributed by atoms with van der Waals surface area (Å²) >= 11 is 5.86. The molecule has 174 valence electrons. The number of benzene rings is 3. The van der Waals surface area contributed by atoms with Crippen LogP contribution < -0.4 is 5.32 Å². The number of hydrogen-bond donors (Lipinski definition) is 1. The molecule has 6 heteroatoms. The van der Waals surface area contributed by atoms with Gasteiger partial charge in [0, 0.05) is 34.0 Å². The second-order valence-corrected chi connectivity index (χ2v) is 8.45. The smallest absolute Gasteiger partial charge is 0.248 e. The number of hydrogen-bond acceptors (Lipinski definition) is 3. The Morgan fingerprint density at radius 1 is 0.743 bits per heavy atom. The van der Waals surface area contributed by atoms with Gasteiger partial charge in [-0.05, 0) is 47.5 Å². The second-order valence-electron chi connectivity index (χ2n) is 8.01. The van der Waals surface area contributed by atoms with Crippen molar-refractivity contribution in [1.82, 2.24) is 4.90 Å². The van der Waals surface area contributed by atoms with Crippen LogP contribution in [0, 0.1) is 0 Å². The summed E-state index contributed by atoms with van der Waals surface area (Å²) in [6, 6.07) is 25.7. The van der Waals surface area contributed by atoms with E-state index >= 15 is 0 Å². The monoisotopic (exact) mass is 482 g/mol. The minimum Gasteiger partial charge on any atom is -0.330 e. The first-order valence-corrected chi connectivity index (χ1v) is 11.5. The van der Waals surface area contributed by atoms with Crippen molar-refractivity contribution < 1.29 is 14.4 Å². The summed E-state index contributed by atoms with van der Waals surface area (Å²) in [4.78, 5) is 40.0. The highest BCUT2D eigenvalue weighted by atomic mass is 35.5. The molecule has 1 fully saturated rings. The molecule has 0 radical (unpaired) electrons. The van der Waals surface area contributed by atoms with Gasteiger partial charge in [0.25, 0.3) is 0 Å². The predicted octanol–water partition coefficient (Wildman–Crippen LogP) is 5.41. The third kappa shape index (κ3) is 6.65. The molecule has 4 rings (SSSR count). The summed E-state index contributed by atoms with van der Waals surface area (Å²) in [5.74, 6) is -0.887. The van der Waals surface area contributed by atoms with Crippen LogP contribution >= 0.6 is 11.6 Å². The fraction of sp³-hybridized carbons (Fsp3) is 0.0690. The largest absolute Gasteiger partial charge is 0.330 e. The van der Waals surface area contributed by atoms with Gasteiger partial charge < -0.3 is 10.2 Å². The molecule has 35 heavy (non-hydrogen) atoms. The van der Waals surface area contributed by atoms with E-state index in [2.05, 4.69) is 5.32 Å². The molecule has 0 aliphatic carbocycles. The Morgan fingerprint density at radius 2 is 1.26 bits per heavy atom. The van der Waals surface area contributed by atoms with Gasteiger partial charge in [-0.15, -0.1) is 0 Å². The van der Waals surface area contributed by atoms with Crippen molar-refractivity contribution in [1.29, 1.82) is 0 Å². The van der Waals surface area contributed by atoms with E-state index in [0.29, 0.717) is 21.9 Å². The molecule has 1 saturated heterocycles. The number of likely N-dealkylation sites (tertiary alicyclic amines) is 1. The summed E-state index contributed by atoms with van der Waals surface area (Å²) in [5, 5.41) is 3.25. The van der Waals surface area contributed by atoms with Crippen LogP contribution in [0.2, 0.25) is 5.02 Å². The van der Waals surface area contributed by atoms with Gasteiger partial charge in [-0.25, -0.2) is 0 Å². The van der Waals surface area contributed by atoms with E-state index in [1.807, 2.05) is 60.7 Å². The van der Waals surface area contributed by atoms with Gasteiger partial charge in [0.2, 0.25) is 11.8 Å². The summed E-state index contributed by atoms with van der Waals surface area (Å²) in [6.45, 7) is 0.309. The summed E-state index contributed by atoms with van der Waals surface area (Å²) in [6.07, 6.45) is 6.02. The molecule has 0 bridgehead atoms. The molecule has 1 N–H and O–H groups in total. The normalized spacial score (nSPS) is 16.1. The zero-order valence-electron chi connectivity index (χ0n) is 18.9. The van der Waals surface area contributed by atoms with Crippen LogP contribution in [0.3, 0.4) is 0 Å². The lowest BCUT2D eigenvalue weighted by molar-refractivity contribution is -0.126.